The maximum Gasteiger partial charge on any atom is 0.387 e. The molecule has 3 N–H and O–H groups in total. The predicted molar refractivity (Wildman–Crippen MR) is 82.8 cm³/mol. The Morgan fingerprint density at radius 3 is 2.62 bits per heavy atom. The monoisotopic (exact) mass is 345 g/mol. The molecule has 24 heavy (non-hydrogen) atoms. The lowest BCUT2D eigenvalue weighted by Gasteiger charge is -2.19. The number of carbonyl (C=O) groups excluding carboxylic acids is 2. The van der Waals surface area contributed by atoms with Crippen LogP contribution in [0.4, 0.5) is 8.78 Å². The van der Waals surface area contributed by atoms with E-state index in [0.717, 1.165) is 0 Å². The van der Waals surface area contributed by atoms with Gasteiger partial charge >= 0.3 is 6.61 Å². The van der Waals surface area contributed by atoms with E-state index >= 15 is 0 Å². The fourth-order valence-electron chi connectivity index (χ4n) is 1.86. The maximum absolute atomic E-state index is 12.4. The van der Waals surface area contributed by atoms with Crippen LogP contribution in [0.3, 0.4) is 0 Å². The van der Waals surface area contributed by atoms with Crippen LogP contribution in [-0.2, 0) is 16.1 Å². The van der Waals surface area contributed by atoms with E-state index in [2.05, 4.69) is 10.1 Å². The zero-order chi connectivity index (χ0) is 18.1. The zero-order valence-electron chi connectivity index (χ0n) is 13.6. The molecule has 1 aromatic carbocycles. The van der Waals surface area contributed by atoms with Crippen LogP contribution in [0.2, 0.25) is 0 Å². The van der Waals surface area contributed by atoms with Crippen molar-refractivity contribution < 1.29 is 27.8 Å². The average Bonchev–Trinajstić information content (AvgIpc) is 2.54. The Bertz CT molecular complexity index is 570. The lowest BCUT2D eigenvalue weighted by Crippen LogP contribution is -2.40. The Morgan fingerprint density at radius 1 is 1.33 bits per heavy atom. The highest BCUT2D eigenvalue weighted by molar-refractivity contribution is 5.85. The van der Waals surface area contributed by atoms with Crippen molar-refractivity contribution in [3.8, 4) is 11.5 Å². The lowest BCUT2D eigenvalue weighted by atomic mass is 10.2. The van der Waals surface area contributed by atoms with Crippen LogP contribution < -0.4 is 20.5 Å². The van der Waals surface area contributed by atoms with Gasteiger partial charge in [-0.2, -0.15) is 8.78 Å². The molecular weight excluding hydrogens is 324 g/mol. The summed E-state index contributed by atoms with van der Waals surface area (Å²) in [6.45, 7) is -1.10. The third-order valence-corrected chi connectivity index (χ3v) is 2.99. The van der Waals surface area contributed by atoms with Gasteiger partial charge in [-0.25, -0.2) is 0 Å². The Kier molecular flexibility index (Phi) is 7.90. The molecule has 0 fully saturated rings. The number of likely N-dealkylation sites (N-methyl/N-ethyl adjacent to an activating group) is 1. The molecule has 7 nitrogen and oxygen atoms in total. The van der Waals surface area contributed by atoms with Gasteiger partial charge in [-0.15, -0.1) is 0 Å². The minimum absolute atomic E-state index is 0.0696. The normalized spacial score (nSPS) is 10.4. The van der Waals surface area contributed by atoms with Gasteiger partial charge in [-0.3, -0.25) is 9.59 Å². The minimum atomic E-state index is -2.95. The van der Waals surface area contributed by atoms with E-state index in [0.29, 0.717) is 5.56 Å². The van der Waals surface area contributed by atoms with E-state index in [4.69, 9.17) is 10.5 Å². The summed E-state index contributed by atoms with van der Waals surface area (Å²) in [7, 11) is 1.56. The third-order valence-electron chi connectivity index (χ3n) is 2.99. The third kappa shape index (κ3) is 6.37. The molecule has 0 bridgehead atoms. The number of nitrogens with one attached hydrogen (secondary N) is 1. The summed E-state index contributed by atoms with van der Waals surface area (Å²) in [6.07, 6.45) is 0. The van der Waals surface area contributed by atoms with Crippen LogP contribution in [0.1, 0.15) is 12.5 Å². The van der Waals surface area contributed by atoms with Crippen molar-refractivity contribution >= 4 is 11.8 Å². The van der Waals surface area contributed by atoms with Crippen molar-refractivity contribution in [2.75, 3.05) is 26.7 Å². The SMILES string of the molecule is CCOc1cc(CN(C)C(=O)CNC(=O)CN)ccc1OC(F)F. The van der Waals surface area contributed by atoms with Crippen molar-refractivity contribution in [2.45, 2.75) is 20.1 Å². The zero-order valence-corrected chi connectivity index (χ0v) is 13.6. The Hall–Kier alpha value is -2.42. The number of nitrogens with zero attached hydrogens (tertiary/aromatic N) is 1. The van der Waals surface area contributed by atoms with Gasteiger partial charge in [0, 0.05) is 13.6 Å². The quantitative estimate of drug-likeness (QED) is 0.688. The fraction of sp³-hybridized carbons (Fsp3) is 0.467. The van der Waals surface area contributed by atoms with Crippen molar-refractivity contribution in [3.05, 3.63) is 23.8 Å². The molecule has 9 heteroatoms. The van der Waals surface area contributed by atoms with E-state index in [1.807, 2.05) is 0 Å². The molecule has 2 amide bonds. The van der Waals surface area contributed by atoms with E-state index in [9.17, 15) is 18.4 Å². The molecule has 0 saturated heterocycles. The summed E-state index contributed by atoms with van der Waals surface area (Å²) in [5.41, 5.74) is 5.80. The largest absolute Gasteiger partial charge is 0.490 e. The second-order valence-electron chi connectivity index (χ2n) is 4.82. The minimum Gasteiger partial charge on any atom is -0.490 e. The summed E-state index contributed by atoms with van der Waals surface area (Å²) >= 11 is 0. The predicted octanol–water partition coefficient (Wildman–Crippen LogP) is 0.720. The first-order valence-corrected chi connectivity index (χ1v) is 7.28. The number of rotatable bonds is 9. The van der Waals surface area contributed by atoms with Crippen LogP contribution in [0.25, 0.3) is 0 Å². The number of halogens is 2. The summed E-state index contributed by atoms with van der Waals surface area (Å²) < 4.78 is 34.4. The fourth-order valence-corrected chi connectivity index (χ4v) is 1.86. The number of carbonyl (C=O) groups is 2. The summed E-state index contributed by atoms with van der Waals surface area (Å²) in [4.78, 5) is 24.3. The molecule has 0 spiro atoms. The van der Waals surface area contributed by atoms with Gasteiger partial charge in [-0.1, -0.05) is 6.07 Å². The maximum atomic E-state index is 12.4. The Morgan fingerprint density at radius 2 is 2.04 bits per heavy atom. The first-order valence-electron chi connectivity index (χ1n) is 7.28. The topological polar surface area (TPSA) is 93.9 Å². The Balaban J connectivity index is 2.74. The molecule has 0 unspecified atom stereocenters. The molecule has 1 rings (SSSR count). The van der Waals surface area contributed by atoms with Crippen LogP contribution in [0, 0.1) is 0 Å². The molecule has 0 radical (unpaired) electrons. The standard InChI is InChI=1S/C15H21F2N3O4/c1-3-23-12-6-10(4-5-11(12)24-15(16)17)9-20(2)14(22)8-19-13(21)7-18/h4-6,15H,3,7-9,18H2,1-2H3,(H,19,21). The van der Waals surface area contributed by atoms with Crippen LogP contribution >= 0.6 is 0 Å². The average molecular weight is 345 g/mol. The molecule has 1 aromatic rings. The Labute approximate surface area is 138 Å². The molecule has 0 saturated carbocycles. The first kappa shape index (κ1) is 19.6. The van der Waals surface area contributed by atoms with Gasteiger partial charge in [0.2, 0.25) is 11.8 Å². The lowest BCUT2D eigenvalue weighted by molar-refractivity contribution is -0.131. The molecule has 0 aliphatic heterocycles. The van der Waals surface area contributed by atoms with E-state index in [1.165, 1.54) is 17.0 Å². The van der Waals surface area contributed by atoms with Gasteiger partial charge in [0.1, 0.15) is 0 Å². The molecule has 0 aliphatic rings. The molecule has 0 aliphatic carbocycles. The van der Waals surface area contributed by atoms with Crippen molar-refractivity contribution in [2.24, 2.45) is 5.73 Å². The van der Waals surface area contributed by atoms with Crippen molar-refractivity contribution in [3.63, 3.8) is 0 Å². The van der Waals surface area contributed by atoms with Gasteiger partial charge in [0.05, 0.1) is 19.7 Å². The number of alkyl halides is 2. The van der Waals surface area contributed by atoms with Crippen LogP contribution in [-0.4, -0.2) is 50.1 Å². The number of hydrogen-bond donors (Lipinski definition) is 2. The highest BCUT2D eigenvalue weighted by Crippen LogP contribution is 2.30. The van der Waals surface area contributed by atoms with Crippen LogP contribution in [0.5, 0.6) is 11.5 Å². The summed E-state index contributed by atoms with van der Waals surface area (Å²) in [5.74, 6) is -0.640. The number of benzene rings is 1. The van der Waals surface area contributed by atoms with E-state index in [-0.39, 0.29) is 43.6 Å². The first-order chi connectivity index (χ1) is 11.4. The van der Waals surface area contributed by atoms with E-state index < -0.39 is 12.5 Å². The molecule has 0 aromatic heterocycles. The summed E-state index contributed by atoms with van der Waals surface area (Å²) in [5, 5.41) is 2.38. The highest BCUT2D eigenvalue weighted by Gasteiger charge is 2.14. The molecule has 0 heterocycles. The van der Waals surface area contributed by atoms with E-state index in [1.54, 1.807) is 20.0 Å². The number of ether oxygens (including phenoxy) is 2. The highest BCUT2D eigenvalue weighted by atomic mass is 19.3. The smallest absolute Gasteiger partial charge is 0.387 e. The van der Waals surface area contributed by atoms with Crippen molar-refractivity contribution in [1.82, 2.24) is 10.2 Å². The number of amides is 2. The molecule has 0 atom stereocenters. The molecule has 134 valence electrons. The van der Waals surface area contributed by atoms with Gasteiger partial charge in [0.25, 0.3) is 0 Å². The molecular formula is C15H21F2N3O4. The second kappa shape index (κ2) is 9.66. The number of nitrogens with two attached hydrogens (primary N) is 1. The summed E-state index contributed by atoms with van der Waals surface area (Å²) in [6, 6.07) is 4.45. The number of hydrogen-bond acceptors (Lipinski definition) is 5. The second-order valence-corrected chi connectivity index (χ2v) is 4.82. The van der Waals surface area contributed by atoms with Gasteiger partial charge in [0.15, 0.2) is 11.5 Å². The van der Waals surface area contributed by atoms with Crippen LogP contribution in [0.15, 0.2) is 18.2 Å². The van der Waals surface area contributed by atoms with Gasteiger partial charge in [-0.05, 0) is 24.6 Å². The van der Waals surface area contributed by atoms with Gasteiger partial charge < -0.3 is 25.4 Å². The van der Waals surface area contributed by atoms with Crippen molar-refractivity contribution in [1.29, 1.82) is 0 Å².